The summed E-state index contributed by atoms with van der Waals surface area (Å²) in [5.74, 6) is 1.02. The number of hydrogen-bond acceptors (Lipinski definition) is 7. The van der Waals surface area contributed by atoms with Gasteiger partial charge in [0.15, 0.2) is 16.7 Å². The Morgan fingerprint density at radius 2 is 1.91 bits per heavy atom. The molecule has 4 heterocycles. The second kappa shape index (κ2) is 9.25. The molecule has 2 unspecified atom stereocenters. The Morgan fingerprint density at radius 1 is 1.22 bits per heavy atom. The van der Waals surface area contributed by atoms with Gasteiger partial charge >= 0.3 is 5.66 Å². The Labute approximate surface area is 189 Å². The van der Waals surface area contributed by atoms with E-state index in [0.717, 1.165) is 0 Å². The third-order valence-corrected chi connectivity index (χ3v) is 6.74. The highest BCUT2D eigenvalue weighted by Crippen LogP contribution is 2.36. The van der Waals surface area contributed by atoms with Crippen LogP contribution in [0.1, 0.15) is 24.1 Å². The molecule has 0 spiro atoms. The number of rotatable bonds is 6. The zero-order valence-electron chi connectivity index (χ0n) is 17.4. The van der Waals surface area contributed by atoms with Crippen molar-refractivity contribution in [1.29, 1.82) is 0 Å². The third kappa shape index (κ3) is 4.84. The quantitative estimate of drug-likeness (QED) is 0.425. The van der Waals surface area contributed by atoms with Gasteiger partial charge in [0.05, 0.1) is 10.6 Å². The lowest BCUT2D eigenvalue weighted by Crippen LogP contribution is -2.38. The van der Waals surface area contributed by atoms with Crippen LogP contribution >= 0.6 is 9.24 Å². The zero-order valence-corrected chi connectivity index (χ0v) is 19.3. The second-order valence-electron chi connectivity index (χ2n) is 7.67. The van der Waals surface area contributed by atoms with E-state index in [0.29, 0.717) is 54.3 Å². The van der Waals surface area contributed by atoms with Crippen LogP contribution in [0.15, 0.2) is 36.7 Å². The highest BCUT2D eigenvalue weighted by molar-refractivity contribution is 7.79. The summed E-state index contributed by atoms with van der Waals surface area (Å²) >= 11 is -1.85. The van der Waals surface area contributed by atoms with Crippen LogP contribution < -0.4 is 9.80 Å². The minimum absolute atomic E-state index is 0.166. The minimum atomic E-state index is -3.14. The van der Waals surface area contributed by atoms with Gasteiger partial charge in [-0.3, -0.25) is 4.98 Å². The van der Waals surface area contributed by atoms with Crippen LogP contribution in [0, 0.1) is 0 Å². The van der Waals surface area contributed by atoms with Gasteiger partial charge in [0, 0.05) is 39.1 Å². The lowest BCUT2D eigenvalue weighted by molar-refractivity contribution is 0.0974. The number of hydrogen-bond donors (Lipinski definition) is 1. The first-order chi connectivity index (χ1) is 15.2. The van der Waals surface area contributed by atoms with Gasteiger partial charge in [-0.15, -0.1) is 0 Å². The molecule has 3 aromatic rings. The maximum absolute atomic E-state index is 14.0. The molecule has 4 rings (SSSR count). The molecule has 2 atom stereocenters. The van der Waals surface area contributed by atoms with Crippen LogP contribution in [0.4, 0.5) is 20.5 Å². The monoisotopic (exact) mass is 480 g/mol. The summed E-state index contributed by atoms with van der Waals surface area (Å²) in [5.41, 5.74) is -2.56. The molecule has 0 saturated carbocycles. The third-order valence-electron chi connectivity index (χ3n) is 5.43. The summed E-state index contributed by atoms with van der Waals surface area (Å²) in [4.78, 5) is 21.3. The molecule has 1 saturated heterocycles. The van der Waals surface area contributed by atoms with Crippen LogP contribution in [0.25, 0.3) is 11.0 Å². The molecule has 0 bridgehead atoms. The molecule has 0 aromatic carbocycles. The van der Waals surface area contributed by atoms with E-state index >= 15 is 0 Å². The van der Waals surface area contributed by atoms with Gasteiger partial charge in [-0.25, -0.2) is 9.19 Å². The van der Waals surface area contributed by atoms with Gasteiger partial charge in [-0.05, 0) is 36.6 Å². The van der Waals surface area contributed by atoms with Crippen LogP contribution in [0.5, 0.6) is 0 Å². The van der Waals surface area contributed by atoms with Crippen molar-refractivity contribution in [3.8, 4) is 0 Å². The Balaban J connectivity index is 1.67. The van der Waals surface area contributed by atoms with Crippen molar-refractivity contribution in [3.05, 3.63) is 47.9 Å². The number of fused-ring (bicyclic) bond motifs is 1. The van der Waals surface area contributed by atoms with E-state index in [1.807, 2.05) is 11.0 Å². The Bertz CT molecular complexity index is 1140. The largest absolute Gasteiger partial charge is 0.355 e. The van der Waals surface area contributed by atoms with Crippen molar-refractivity contribution in [2.24, 2.45) is 0 Å². The molecule has 0 aliphatic carbocycles. The molecular weight excluding hydrogens is 457 g/mol. The molecule has 1 N–H and O–H groups in total. The summed E-state index contributed by atoms with van der Waals surface area (Å²) in [7, 11) is 3.31. The lowest BCUT2D eigenvalue weighted by atomic mass is 10.1. The highest BCUT2D eigenvalue weighted by atomic mass is 32.2. The maximum Gasteiger partial charge on any atom is 0.300 e. The van der Waals surface area contributed by atoms with Gasteiger partial charge in [0.1, 0.15) is 11.5 Å². The molecular formula is C20H23F2N6O2PS. The molecule has 0 radical (unpaired) electrons. The molecule has 1 aliphatic heterocycles. The fraction of sp³-hybridized carbons (Fsp3) is 0.400. The molecule has 1 aliphatic rings. The second-order valence-corrected chi connectivity index (χ2v) is 9.62. The van der Waals surface area contributed by atoms with Crippen molar-refractivity contribution < 1.29 is 17.5 Å². The van der Waals surface area contributed by atoms with E-state index < -0.39 is 16.7 Å². The van der Waals surface area contributed by atoms with E-state index in [4.69, 9.17) is 4.98 Å². The summed E-state index contributed by atoms with van der Waals surface area (Å²) < 4.78 is 48.8. The van der Waals surface area contributed by atoms with Gasteiger partial charge in [0.25, 0.3) is 0 Å². The summed E-state index contributed by atoms with van der Waals surface area (Å²) in [6.45, 7) is 1.26. The first-order valence-electron chi connectivity index (χ1n) is 10.0. The predicted molar refractivity (Wildman–Crippen MR) is 123 cm³/mol. The van der Waals surface area contributed by atoms with Gasteiger partial charge in [-0.1, -0.05) is 15.3 Å². The maximum atomic E-state index is 14.0. The van der Waals surface area contributed by atoms with Gasteiger partial charge in [-0.2, -0.15) is 18.7 Å². The predicted octanol–water partition coefficient (Wildman–Crippen LogP) is 3.17. The molecule has 3 aromatic heterocycles. The molecule has 0 amide bonds. The Morgan fingerprint density at radius 3 is 2.59 bits per heavy atom. The summed E-state index contributed by atoms with van der Waals surface area (Å²) in [6.07, 6.45) is 4.10. The number of aromatic nitrogens is 4. The zero-order chi connectivity index (χ0) is 22.9. The molecule has 170 valence electrons. The fourth-order valence-corrected chi connectivity index (χ4v) is 4.70. The van der Waals surface area contributed by atoms with E-state index in [9.17, 15) is 17.5 Å². The highest BCUT2D eigenvalue weighted by Gasteiger charge is 2.30. The van der Waals surface area contributed by atoms with Gasteiger partial charge in [0.2, 0.25) is 5.95 Å². The Hall–Kier alpha value is -2.36. The van der Waals surface area contributed by atoms with Crippen molar-refractivity contribution in [2.45, 2.75) is 30.3 Å². The fourth-order valence-electron chi connectivity index (χ4n) is 3.82. The number of pyridine rings is 2. The average Bonchev–Trinajstić information content (AvgIpc) is 2.78. The number of halogens is 2. The molecule has 32 heavy (non-hydrogen) atoms. The van der Waals surface area contributed by atoms with Crippen LogP contribution in [-0.2, 0) is 23.3 Å². The van der Waals surface area contributed by atoms with E-state index in [-0.39, 0.29) is 17.5 Å². The van der Waals surface area contributed by atoms with E-state index in [2.05, 4.69) is 15.0 Å². The number of alkyl halides is 2. The summed E-state index contributed by atoms with van der Waals surface area (Å²) in [5, 5.41) is 0.442. The smallest absolute Gasteiger partial charge is 0.300 e. The van der Waals surface area contributed by atoms with E-state index in [1.165, 1.54) is 15.4 Å². The van der Waals surface area contributed by atoms with Gasteiger partial charge < -0.3 is 14.4 Å². The number of anilines is 2. The topological polar surface area (TPSA) is 95.3 Å². The summed E-state index contributed by atoms with van der Waals surface area (Å²) in [6, 6.07) is 6.87. The number of nitrogens with zero attached hydrogens (tertiary/aromatic N) is 6. The van der Waals surface area contributed by atoms with Crippen molar-refractivity contribution in [3.63, 3.8) is 0 Å². The lowest BCUT2D eigenvalue weighted by Gasteiger charge is -2.31. The molecule has 8 nitrogen and oxygen atoms in total. The Kier molecular flexibility index (Phi) is 6.60. The minimum Gasteiger partial charge on any atom is -0.355 e. The van der Waals surface area contributed by atoms with Crippen molar-refractivity contribution in [2.75, 3.05) is 29.9 Å². The SMILES string of the molecule is CN(Cc1cccnc1C(F)(F)P)c1nc(N2CCC(S(=O)O)CC2)nc2ncccc12. The average molecular weight is 480 g/mol. The first kappa shape index (κ1) is 22.8. The van der Waals surface area contributed by atoms with Crippen LogP contribution in [0.2, 0.25) is 0 Å². The van der Waals surface area contributed by atoms with Crippen LogP contribution in [0.3, 0.4) is 0 Å². The first-order valence-corrected chi connectivity index (χ1v) is 11.8. The molecule has 1 fully saturated rings. The van der Waals surface area contributed by atoms with Crippen molar-refractivity contribution >= 4 is 43.1 Å². The molecule has 12 heteroatoms. The van der Waals surface area contributed by atoms with Crippen molar-refractivity contribution in [1.82, 2.24) is 19.9 Å². The number of piperidine rings is 1. The standard InChI is InChI=1S/C20H23F2N6O2PS/c1-27(12-13-4-2-8-23-16(13)20(21,22)31)18-15-5-3-9-24-17(15)25-19(26-18)28-10-6-14(7-11-28)32(29)30/h2-5,8-9,14H,6-7,10-12,31H2,1H3,(H,29,30). The normalized spacial score (nSPS) is 16.3. The van der Waals surface area contributed by atoms with Crippen LogP contribution in [-0.4, -0.2) is 54.1 Å². The van der Waals surface area contributed by atoms with E-state index in [1.54, 1.807) is 36.3 Å².